The Kier molecular flexibility index (Phi) is 21.9. The first-order valence-electron chi connectivity index (χ1n) is 28.6. The summed E-state index contributed by atoms with van der Waals surface area (Å²) in [5.41, 5.74) is 18.5. The average molecular weight is 1060 g/mol. The lowest BCUT2D eigenvalue weighted by Crippen LogP contribution is -2.26. The quantitative estimate of drug-likeness (QED) is 0.0541. The molecule has 0 spiro atoms. The lowest BCUT2D eigenvalue weighted by atomic mass is 9.69. The molecule has 78 heavy (non-hydrogen) atoms. The minimum absolute atomic E-state index is 0.0220. The van der Waals surface area contributed by atoms with Crippen molar-refractivity contribution in [2.24, 2.45) is 0 Å². The second kappa shape index (κ2) is 27.4. The van der Waals surface area contributed by atoms with Crippen molar-refractivity contribution in [2.45, 2.75) is 190 Å². The molecule has 0 bridgehead atoms. The Morgan fingerprint density at radius 2 is 0.808 bits per heavy atom. The Bertz CT molecular complexity index is 2990. The van der Waals surface area contributed by atoms with Crippen molar-refractivity contribution in [3.8, 4) is 22.5 Å². The van der Waals surface area contributed by atoms with Gasteiger partial charge >= 0.3 is 11.9 Å². The van der Waals surface area contributed by atoms with Crippen molar-refractivity contribution >= 4 is 24.1 Å². The number of aryl methyl sites for hydroxylation is 6. The number of aromatic nitrogens is 2. The van der Waals surface area contributed by atoms with Crippen LogP contribution in [0.15, 0.2) is 109 Å². The zero-order chi connectivity index (χ0) is 57.6. The van der Waals surface area contributed by atoms with Crippen LogP contribution < -0.4 is 0 Å². The Balaban J connectivity index is 0.000000288. The number of nitrogens with zero attached hydrogens (tertiary/aromatic N) is 2. The molecular weight excluding hydrogens is 965 g/mol. The molecule has 2 aromatic heterocycles. The van der Waals surface area contributed by atoms with Crippen LogP contribution >= 0.6 is 0 Å². The first kappa shape index (κ1) is 62.4. The predicted molar refractivity (Wildman–Crippen MR) is 324 cm³/mol. The normalized spacial score (nSPS) is 12.3. The zero-order valence-corrected chi connectivity index (χ0v) is 49.8. The van der Waals surface area contributed by atoms with Crippen molar-refractivity contribution in [2.75, 3.05) is 6.61 Å². The number of aliphatic hydroxyl groups is 2. The van der Waals surface area contributed by atoms with Gasteiger partial charge in [-0.2, -0.15) is 0 Å². The standard InChI is InChI=1S/C36H47NO3.C34H43NO3/c1-9-35(39,10-2)19-18-29-15-16-30(20-25(29)6)36(11-3,12-4)31-21-26(7)34(27(8)22-31)32-17-14-28(24-37-32)23-33(38)40-13-5;1-8-33(38,9-2)17-16-27-13-14-28(18-23(27)5)34(10-3,11-4)29-19-24(6)32(25(7)20-29)30-15-12-26(22-35-30)21-31(36)37/h14-22,24,39H,9-13,23H2,1-8H3;12-20,22,38H,8-11,21H2,1-7H3,(H,36,37)/b19-18+;17-16+. The summed E-state index contributed by atoms with van der Waals surface area (Å²) in [5, 5.41) is 30.4. The van der Waals surface area contributed by atoms with Crippen LogP contribution in [0.25, 0.3) is 34.7 Å². The lowest BCUT2D eigenvalue weighted by Gasteiger charge is -2.35. The molecule has 8 nitrogen and oxygen atoms in total. The monoisotopic (exact) mass is 1050 g/mol. The number of aliphatic carboxylic acids is 1. The van der Waals surface area contributed by atoms with Gasteiger partial charge in [0.2, 0.25) is 0 Å². The summed E-state index contributed by atoms with van der Waals surface area (Å²) in [6, 6.07) is 30.5. The summed E-state index contributed by atoms with van der Waals surface area (Å²) in [6.45, 7) is 32.2. The fourth-order valence-corrected chi connectivity index (χ4v) is 11.4. The molecule has 6 aromatic rings. The molecule has 2 heterocycles. The summed E-state index contributed by atoms with van der Waals surface area (Å²) < 4.78 is 5.07. The third-order valence-electron chi connectivity index (χ3n) is 17.0. The number of ether oxygens (including phenoxy) is 1. The number of rotatable bonds is 23. The molecule has 0 aliphatic carbocycles. The first-order valence-corrected chi connectivity index (χ1v) is 28.6. The van der Waals surface area contributed by atoms with Crippen LogP contribution in [0.4, 0.5) is 0 Å². The van der Waals surface area contributed by atoms with E-state index in [1.165, 1.54) is 55.6 Å². The highest BCUT2D eigenvalue weighted by atomic mass is 16.5. The van der Waals surface area contributed by atoms with E-state index in [-0.39, 0.29) is 29.6 Å². The number of pyridine rings is 2. The van der Waals surface area contributed by atoms with E-state index in [0.29, 0.717) is 37.9 Å². The molecule has 6 rings (SSSR count). The van der Waals surface area contributed by atoms with E-state index < -0.39 is 17.2 Å². The molecule has 0 saturated carbocycles. The number of hydrogen-bond acceptors (Lipinski definition) is 7. The zero-order valence-electron chi connectivity index (χ0n) is 49.8. The van der Waals surface area contributed by atoms with Crippen LogP contribution in [-0.4, -0.2) is 55.0 Å². The molecule has 0 radical (unpaired) electrons. The number of hydrogen-bond donors (Lipinski definition) is 3. The molecule has 3 N–H and O–H groups in total. The number of carboxylic acid groups (broad SMARTS) is 1. The van der Waals surface area contributed by atoms with Gasteiger partial charge in [0.1, 0.15) is 0 Å². The number of benzene rings is 4. The van der Waals surface area contributed by atoms with Gasteiger partial charge in [0.15, 0.2) is 0 Å². The number of esters is 1. The fourth-order valence-electron chi connectivity index (χ4n) is 11.4. The summed E-state index contributed by atoms with van der Waals surface area (Å²) in [6.07, 6.45) is 18.4. The minimum Gasteiger partial charge on any atom is -0.481 e. The van der Waals surface area contributed by atoms with Crippen LogP contribution in [-0.2, 0) is 38.0 Å². The van der Waals surface area contributed by atoms with E-state index in [4.69, 9.17) is 14.8 Å². The predicted octanol–water partition coefficient (Wildman–Crippen LogP) is 16.4. The Morgan fingerprint density at radius 3 is 1.09 bits per heavy atom. The molecule has 416 valence electrons. The molecule has 0 unspecified atom stereocenters. The second-order valence-corrected chi connectivity index (χ2v) is 21.6. The number of carboxylic acids is 1. The van der Waals surface area contributed by atoms with Gasteiger partial charge < -0.3 is 20.1 Å². The summed E-state index contributed by atoms with van der Waals surface area (Å²) in [7, 11) is 0. The Labute approximate surface area is 468 Å². The van der Waals surface area contributed by atoms with E-state index in [9.17, 15) is 19.8 Å². The van der Waals surface area contributed by atoms with Crippen LogP contribution in [0, 0.1) is 41.5 Å². The van der Waals surface area contributed by atoms with Gasteiger partial charge in [-0.05, 0) is 190 Å². The molecule has 4 aromatic carbocycles. The van der Waals surface area contributed by atoms with Crippen molar-refractivity contribution in [3.05, 3.63) is 187 Å². The average Bonchev–Trinajstić information content (AvgIpc) is 3.44. The highest BCUT2D eigenvalue weighted by molar-refractivity contribution is 5.74. The third-order valence-corrected chi connectivity index (χ3v) is 17.0. The molecule has 0 aliphatic heterocycles. The highest BCUT2D eigenvalue weighted by Gasteiger charge is 2.34. The Morgan fingerprint density at radius 1 is 0.462 bits per heavy atom. The molecule has 0 fully saturated rings. The second-order valence-electron chi connectivity index (χ2n) is 21.6. The topological polar surface area (TPSA) is 130 Å². The van der Waals surface area contributed by atoms with Gasteiger partial charge in [0.25, 0.3) is 0 Å². The molecule has 0 saturated heterocycles. The number of carbonyl (C=O) groups excluding carboxylic acids is 1. The van der Waals surface area contributed by atoms with E-state index in [0.717, 1.165) is 64.9 Å². The Hall–Kier alpha value is -6.48. The largest absolute Gasteiger partial charge is 0.481 e. The fraction of sp³-hybridized carbons (Fsp3) is 0.429. The van der Waals surface area contributed by atoms with Gasteiger partial charge in [-0.15, -0.1) is 0 Å². The summed E-state index contributed by atoms with van der Waals surface area (Å²) in [4.78, 5) is 32.2. The minimum atomic E-state index is -0.852. The van der Waals surface area contributed by atoms with Gasteiger partial charge in [0.05, 0.1) is 42.0 Å². The maximum atomic E-state index is 11.9. The van der Waals surface area contributed by atoms with E-state index in [2.05, 4.69) is 147 Å². The van der Waals surface area contributed by atoms with E-state index in [1.807, 2.05) is 71.0 Å². The van der Waals surface area contributed by atoms with Crippen LogP contribution in [0.3, 0.4) is 0 Å². The van der Waals surface area contributed by atoms with Gasteiger partial charge in [-0.25, -0.2) is 0 Å². The molecule has 0 aliphatic rings. The number of carbonyl (C=O) groups is 2. The van der Waals surface area contributed by atoms with E-state index >= 15 is 0 Å². The molecular formula is C70H90N2O6. The highest BCUT2D eigenvalue weighted by Crippen LogP contribution is 2.44. The van der Waals surface area contributed by atoms with Gasteiger partial charge in [-0.3, -0.25) is 19.6 Å². The summed E-state index contributed by atoms with van der Waals surface area (Å²) in [5.74, 6) is -1.08. The third kappa shape index (κ3) is 14.4. The van der Waals surface area contributed by atoms with Gasteiger partial charge in [0, 0.05) is 34.4 Å². The SMILES string of the molecule is CCC(O)(/C=C/c1ccc(C(CC)(CC)c2cc(C)c(-c3ccc(CC(=O)O)cn3)c(C)c2)cc1C)CC.CCOC(=O)Cc1ccc(-c2c(C)cc(C(CC)(CC)c3ccc(/C=C/C(O)(CC)CC)c(C)c3)cc2C)nc1. The molecule has 8 heteroatoms. The van der Waals surface area contributed by atoms with E-state index in [1.54, 1.807) is 12.4 Å². The van der Waals surface area contributed by atoms with Crippen LogP contribution in [0.5, 0.6) is 0 Å². The van der Waals surface area contributed by atoms with Crippen LogP contribution in [0.1, 0.15) is 192 Å². The van der Waals surface area contributed by atoms with Gasteiger partial charge in [-0.1, -0.05) is 152 Å². The van der Waals surface area contributed by atoms with Crippen molar-refractivity contribution in [1.82, 2.24) is 9.97 Å². The smallest absolute Gasteiger partial charge is 0.310 e. The molecule has 0 amide bonds. The summed E-state index contributed by atoms with van der Waals surface area (Å²) >= 11 is 0. The maximum absolute atomic E-state index is 11.9. The lowest BCUT2D eigenvalue weighted by molar-refractivity contribution is -0.142. The first-order chi connectivity index (χ1) is 37.1. The van der Waals surface area contributed by atoms with Crippen molar-refractivity contribution in [1.29, 1.82) is 0 Å². The van der Waals surface area contributed by atoms with Crippen molar-refractivity contribution < 1.29 is 29.6 Å². The maximum Gasteiger partial charge on any atom is 0.310 e. The van der Waals surface area contributed by atoms with Crippen molar-refractivity contribution in [3.63, 3.8) is 0 Å². The molecule has 0 atom stereocenters. The van der Waals surface area contributed by atoms with Crippen LogP contribution in [0.2, 0.25) is 0 Å².